The topological polar surface area (TPSA) is 93.9 Å². The fraction of sp³-hybridized carbons (Fsp3) is 0.462. The summed E-state index contributed by atoms with van der Waals surface area (Å²) in [7, 11) is 0. The van der Waals surface area contributed by atoms with E-state index in [2.05, 4.69) is 5.43 Å². The van der Waals surface area contributed by atoms with Gasteiger partial charge in [0.2, 0.25) is 0 Å². The number of hydrazine groups is 1. The van der Waals surface area contributed by atoms with Gasteiger partial charge in [0.25, 0.3) is 11.6 Å². The minimum absolute atomic E-state index is 0.0279. The van der Waals surface area contributed by atoms with Gasteiger partial charge < -0.3 is 9.47 Å². The Hall–Kier alpha value is -2.19. The molecule has 1 amide bonds. The van der Waals surface area contributed by atoms with Crippen molar-refractivity contribution in [1.82, 2.24) is 10.4 Å². The number of benzene rings is 1. The molecule has 1 heterocycles. The maximum atomic E-state index is 11.7. The molecule has 1 aliphatic heterocycles. The number of carbonyl (C=O) groups excluding carboxylic acids is 1. The molecule has 114 valence electrons. The predicted molar refractivity (Wildman–Crippen MR) is 73.9 cm³/mol. The van der Waals surface area contributed by atoms with Gasteiger partial charge in [-0.3, -0.25) is 20.3 Å². The van der Waals surface area contributed by atoms with Crippen molar-refractivity contribution in [2.24, 2.45) is 0 Å². The number of nitro groups is 1. The number of nitro benzene ring substituents is 1. The van der Waals surface area contributed by atoms with E-state index in [1.54, 1.807) is 18.0 Å². The fourth-order valence-electron chi connectivity index (χ4n) is 1.96. The molecule has 0 radical (unpaired) electrons. The molecule has 21 heavy (non-hydrogen) atoms. The van der Waals surface area contributed by atoms with Crippen LogP contribution >= 0.6 is 0 Å². The normalized spacial score (nSPS) is 15.5. The second-order valence-corrected chi connectivity index (χ2v) is 4.63. The van der Waals surface area contributed by atoms with Crippen molar-refractivity contribution < 1.29 is 19.2 Å². The van der Waals surface area contributed by atoms with E-state index in [0.717, 1.165) is 0 Å². The average molecular weight is 295 g/mol. The summed E-state index contributed by atoms with van der Waals surface area (Å²) in [6.45, 7) is 3.93. The van der Waals surface area contributed by atoms with Crippen LogP contribution in [0.3, 0.4) is 0 Å². The molecule has 1 fully saturated rings. The summed E-state index contributed by atoms with van der Waals surface area (Å²) in [4.78, 5) is 22.0. The van der Waals surface area contributed by atoms with Gasteiger partial charge in [-0.2, -0.15) is 0 Å². The summed E-state index contributed by atoms with van der Waals surface area (Å²) in [6.07, 6.45) is 0. The van der Waals surface area contributed by atoms with E-state index >= 15 is 0 Å². The monoisotopic (exact) mass is 295 g/mol. The third kappa shape index (κ3) is 4.40. The van der Waals surface area contributed by atoms with Gasteiger partial charge in [0.15, 0.2) is 6.61 Å². The third-order valence-electron chi connectivity index (χ3n) is 3.03. The van der Waals surface area contributed by atoms with E-state index in [1.165, 1.54) is 12.1 Å². The number of nitrogens with one attached hydrogen (secondary N) is 1. The van der Waals surface area contributed by atoms with Crippen molar-refractivity contribution in [1.29, 1.82) is 0 Å². The first kappa shape index (κ1) is 15.2. The highest BCUT2D eigenvalue weighted by Crippen LogP contribution is 2.22. The lowest BCUT2D eigenvalue weighted by Crippen LogP contribution is -2.49. The second kappa shape index (κ2) is 7.00. The number of morpholine rings is 1. The lowest BCUT2D eigenvalue weighted by Gasteiger charge is -2.26. The van der Waals surface area contributed by atoms with Gasteiger partial charge in [-0.15, -0.1) is 0 Å². The van der Waals surface area contributed by atoms with Crippen LogP contribution in [-0.4, -0.2) is 48.7 Å². The van der Waals surface area contributed by atoms with Crippen molar-refractivity contribution in [3.8, 4) is 5.75 Å². The zero-order valence-electron chi connectivity index (χ0n) is 11.7. The van der Waals surface area contributed by atoms with Crippen LogP contribution in [-0.2, 0) is 9.53 Å². The van der Waals surface area contributed by atoms with Gasteiger partial charge in [-0.1, -0.05) is 0 Å². The lowest BCUT2D eigenvalue weighted by molar-refractivity contribution is -0.385. The van der Waals surface area contributed by atoms with Crippen molar-refractivity contribution >= 4 is 11.6 Å². The summed E-state index contributed by atoms with van der Waals surface area (Å²) in [5, 5.41) is 12.5. The first-order chi connectivity index (χ1) is 10.1. The molecule has 1 aromatic rings. The molecule has 0 unspecified atom stereocenters. The summed E-state index contributed by atoms with van der Waals surface area (Å²) in [5.41, 5.74) is 3.23. The minimum atomic E-state index is -0.454. The first-order valence-corrected chi connectivity index (χ1v) is 6.56. The molecule has 0 spiro atoms. The van der Waals surface area contributed by atoms with Crippen LogP contribution in [0.4, 0.5) is 5.69 Å². The van der Waals surface area contributed by atoms with Crippen molar-refractivity contribution in [2.75, 3.05) is 32.9 Å². The highest BCUT2D eigenvalue weighted by molar-refractivity contribution is 5.77. The summed E-state index contributed by atoms with van der Waals surface area (Å²) in [6, 6.07) is 4.39. The quantitative estimate of drug-likeness (QED) is 0.633. The highest BCUT2D eigenvalue weighted by Gasteiger charge is 2.14. The Bertz CT molecular complexity index is 529. The van der Waals surface area contributed by atoms with Crippen LogP contribution in [0.15, 0.2) is 18.2 Å². The maximum absolute atomic E-state index is 11.7. The minimum Gasteiger partial charge on any atom is -0.484 e. The van der Waals surface area contributed by atoms with Gasteiger partial charge >= 0.3 is 0 Å². The van der Waals surface area contributed by atoms with Crippen molar-refractivity contribution in [3.63, 3.8) is 0 Å². The number of nitrogens with zero attached hydrogens (tertiary/aromatic N) is 2. The Morgan fingerprint density at radius 1 is 1.48 bits per heavy atom. The second-order valence-electron chi connectivity index (χ2n) is 4.63. The zero-order chi connectivity index (χ0) is 15.2. The zero-order valence-corrected chi connectivity index (χ0v) is 11.7. The third-order valence-corrected chi connectivity index (χ3v) is 3.03. The summed E-state index contributed by atoms with van der Waals surface area (Å²) >= 11 is 0. The number of amides is 1. The summed E-state index contributed by atoms with van der Waals surface area (Å²) in [5.74, 6) is 0.156. The lowest BCUT2D eigenvalue weighted by atomic mass is 10.2. The number of rotatable bonds is 5. The van der Waals surface area contributed by atoms with Gasteiger partial charge in [0, 0.05) is 24.7 Å². The Labute approximate surface area is 121 Å². The Balaban J connectivity index is 1.83. The van der Waals surface area contributed by atoms with Crippen LogP contribution in [0.1, 0.15) is 5.56 Å². The molecule has 0 bridgehead atoms. The largest absolute Gasteiger partial charge is 0.484 e. The maximum Gasteiger partial charge on any atom is 0.272 e. The SMILES string of the molecule is Cc1cc(OCC(=O)NN2CCOCC2)ccc1[N+](=O)[O-]. The highest BCUT2D eigenvalue weighted by atomic mass is 16.6. The van der Waals surface area contributed by atoms with E-state index < -0.39 is 4.92 Å². The predicted octanol–water partition coefficient (Wildman–Crippen LogP) is 0.645. The molecular formula is C13H17N3O5. The molecule has 1 aromatic carbocycles. The molecule has 8 heteroatoms. The Morgan fingerprint density at radius 3 is 2.81 bits per heavy atom. The Morgan fingerprint density at radius 2 is 2.19 bits per heavy atom. The molecular weight excluding hydrogens is 278 g/mol. The van der Waals surface area contributed by atoms with E-state index in [0.29, 0.717) is 37.6 Å². The van der Waals surface area contributed by atoms with Crippen LogP contribution in [0.25, 0.3) is 0 Å². The van der Waals surface area contributed by atoms with Crippen molar-refractivity contribution in [2.45, 2.75) is 6.92 Å². The van der Waals surface area contributed by atoms with E-state index in [4.69, 9.17) is 9.47 Å². The van der Waals surface area contributed by atoms with E-state index in [-0.39, 0.29) is 18.2 Å². The average Bonchev–Trinajstić information content (AvgIpc) is 2.46. The number of aryl methyl sites for hydroxylation is 1. The fourth-order valence-corrected chi connectivity index (χ4v) is 1.96. The van der Waals surface area contributed by atoms with Gasteiger partial charge in [-0.05, 0) is 19.1 Å². The van der Waals surface area contributed by atoms with Gasteiger partial charge in [0.1, 0.15) is 5.75 Å². The van der Waals surface area contributed by atoms with E-state index in [9.17, 15) is 14.9 Å². The van der Waals surface area contributed by atoms with Gasteiger partial charge in [0.05, 0.1) is 18.1 Å². The van der Waals surface area contributed by atoms with E-state index in [1.807, 2.05) is 0 Å². The number of hydrogen-bond acceptors (Lipinski definition) is 6. The van der Waals surface area contributed by atoms with Crippen molar-refractivity contribution in [3.05, 3.63) is 33.9 Å². The number of ether oxygens (including phenoxy) is 2. The van der Waals surface area contributed by atoms with Crippen LogP contribution in [0.2, 0.25) is 0 Å². The molecule has 8 nitrogen and oxygen atoms in total. The molecule has 1 saturated heterocycles. The number of carbonyl (C=O) groups is 1. The Kier molecular flexibility index (Phi) is 5.07. The smallest absolute Gasteiger partial charge is 0.272 e. The molecule has 0 saturated carbocycles. The summed E-state index contributed by atoms with van der Waals surface area (Å²) < 4.78 is 10.5. The molecule has 2 rings (SSSR count). The molecule has 0 aromatic heterocycles. The molecule has 0 aliphatic carbocycles. The number of hydrogen-bond donors (Lipinski definition) is 1. The standard InChI is InChI=1S/C13H17N3O5/c1-10-8-11(2-3-12(10)16(18)19)21-9-13(17)14-15-4-6-20-7-5-15/h2-3,8H,4-7,9H2,1H3,(H,14,17). The van der Waals surface area contributed by atoms with Crippen LogP contribution in [0.5, 0.6) is 5.75 Å². The first-order valence-electron chi connectivity index (χ1n) is 6.56. The molecule has 1 aliphatic rings. The van der Waals surface area contributed by atoms with Crippen LogP contribution in [0, 0.1) is 17.0 Å². The molecule has 0 atom stereocenters. The van der Waals surface area contributed by atoms with Gasteiger partial charge in [-0.25, -0.2) is 5.01 Å². The van der Waals surface area contributed by atoms with Crippen LogP contribution < -0.4 is 10.2 Å². The molecule has 1 N–H and O–H groups in total.